The van der Waals surface area contributed by atoms with Crippen LogP contribution in [-0.4, -0.2) is 35.5 Å². The molecular formula is C18H13F2N7O. The average Bonchev–Trinajstić information content (AvgIpc) is 3.07. The highest BCUT2D eigenvalue weighted by Gasteiger charge is 2.20. The molecule has 4 heterocycles. The van der Waals surface area contributed by atoms with E-state index >= 15 is 0 Å². The lowest BCUT2D eigenvalue weighted by Crippen LogP contribution is -2.23. The van der Waals surface area contributed by atoms with Crippen LogP contribution in [0.2, 0.25) is 0 Å². The van der Waals surface area contributed by atoms with E-state index in [0.717, 1.165) is 6.20 Å². The van der Waals surface area contributed by atoms with Gasteiger partial charge in [0, 0.05) is 31.0 Å². The Hall–Kier alpha value is -3.82. The third kappa shape index (κ3) is 3.15. The first-order chi connectivity index (χ1) is 13.5. The molecule has 4 aromatic rings. The summed E-state index contributed by atoms with van der Waals surface area (Å²) in [4.78, 5) is 33.2. The molecule has 28 heavy (non-hydrogen) atoms. The second-order valence-electron chi connectivity index (χ2n) is 5.83. The molecule has 0 aromatic carbocycles. The van der Waals surface area contributed by atoms with Gasteiger partial charge in [-0.1, -0.05) is 0 Å². The monoisotopic (exact) mass is 381 g/mol. The SMILES string of the molecule is Cc1nc(-c2ncccn2)ncc1C(=O)Nn1cc(C(F)F)c2ncccc21. The van der Waals surface area contributed by atoms with Crippen molar-refractivity contribution < 1.29 is 13.6 Å². The molecule has 0 spiro atoms. The molecule has 1 N–H and O–H groups in total. The molecule has 1 amide bonds. The Bertz CT molecular complexity index is 1160. The molecular weight excluding hydrogens is 368 g/mol. The fraction of sp³-hybridized carbons (Fsp3) is 0.111. The van der Waals surface area contributed by atoms with Gasteiger partial charge >= 0.3 is 0 Å². The van der Waals surface area contributed by atoms with Crippen LogP contribution in [0.15, 0.2) is 49.2 Å². The van der Waals surface area contributed by atoms with Crippen LogP contribution < -0.4 is 5.43 Å². The highest BCUT2D eigenvalue weighted by molar-refractivity contribution is 6.01. The number of hydrogen-bond donors (Lipinski definition) is 1. The maximum atomic E-state index is 13.2. The van der Waals surface area contributed by atoms with Crippen molar-refractivity contribution in [3.05, 3.63) is 66.0 Å². The van der Waals surface area contributed by atoms with Gasteiger partial charge in [-0.2, -0.15) is 0 Å². The summed E-state index contributed by atoms with van der Waals surface area (Å²) in [6.45, 7) is 1.64. The fourth-order valence-electron chi connectivity index (χ4n) is 2.72. The number of pyridine rings is 1. The minimum atomic E-state index is -2.72. The van der Waals surface area contributed by atoms with Crippen molar-refractivity contribution in [1.82, 2.24) is 29.6 Å². The van der Waals surface area contributed by atoms with Gasteiger partial charge in [-0.05, 0) is 25.1 Å². The Morgan fingerprint density at radius 1 is 1.07 bits per heavy atom. The van der Waals surface area contributed by atoms with Gasteiger partial charge in [-0.25, -0.2) is 28.7 Å². The predicted octanol–water partition coefficient (Wildman–Crippen LogP) is 2.91. The first kappa shape index (κ1) is 17.6. The van der Waals surface area contributed by atoms with Crippen molar-refractivity contribution in [2.24, 2.45) is 0 Å². The van der Waals surface area contributed by atoms with E-state index in [-0.39, 0.29) is 22.5 Å². The lowest BCUT2D eigenvalue weighted by Gasteiger charge is -2.09. The molecule has 0 saturated heterocycles. The molecule has 0 aliphatic rings. The van der Waals surface area contributed by atoms with E-state index in [4.69, 9.17) is 0 Å². The van der Waals surface area contributed by atoms with Crippen LogP contribution in [0.5, 0.6) is 0 Å². The number of aromatic nitrogens is 6. The predicted molar refractivity (Wildman–Crippen MR) is 96.2 cm³/mol. The van der Waals surface area contributed by atoms with Gasteiger partial charge in [0.2, 0.25) is 0 Å². The molecule has 8 nitrogen and oxygen atoms in total. The van der Waals surface area contributed by atoms with E-state index in [9.17, 15) is 13.6 Å². The van der Waals surface area contributed by atoms with Crippen molar-refractivity contribution in [2.75, 3.05) is 5.43 Å². The van der Waals surface area contributed by atoms with E-state index in [0.29, 0.717) is 17.0 Å². The van der Waals surface area contributed by atoms with Crippen LogP contribution in [0, 0.1) is 6.92 Å². The summed E-state index contributed by atoms with van der Waals surface area (Å²) >= 11 is 0. The standard InChI is InChI=1S/C18H13F2N7O/c1-10-11(8-24-17(25-10)16-22-6-3-7-23-16)18(28)26-27-9-12(15(19)20)14-13(27)4-2-5-21-14/h2-9,15H,1H3,(H,26,28). The Balaban J connectivity index is 1.65. The number of alkyl halides is 2. The highest BCUT2D eigenvalue weighted by Crippen LogP contribution is 2.27. The zero-order chi connectivity index (χ0) is 19.7. The Morgan fingerprint density at radius 3 is 2.54 bits per heavy atom. The summed E-state index contributed by atoms with van der Waals surface area (Å²) in [5.41, 5.74) is 3.39. The molecule has 0 radical (unpaired) electrons. The van der Waals surface area contributed by atoms with Gasteiger partial charge in [-0.15, -0.1) is 0 Å². The molecule has 4 aromatic heterocycles. The van der Waals surface area contributed by atoms with Crippen LogP contribution in [0.4, 0.5) is 8.78 Å². The molecule has 0 aliphatic heterocycles. The minimum absolute atomic E-state index is 0.127. The maximum Gasteiger partial charge on any atom is 0.273 e. The molecule has 0 atom stereocenters. The van der Waals surface area contributed by atoms with Gasteiger partial charge < -0.3 is 0 Å². The summed E-state index contributed by atoms with van der Waals surface area (Å²) < 4.78 is 27.7. The number of amides is 1. The zero-order valence-electron chi connectivity index (χ0n) is 14.5. The average molecular weight is 381 g/mol. The van der Waals surface area contributed by atoms with Crippen molar-refractivity contribution in [3.8, 4) is 11.6 Å². The van der Waals surface area contributed by atoms with Crippen molar-refractivity contribution in [1.29, 1.82) is 0 Å². The number of nitrogens with zero attached hydrogens (tertiary/aromatic N) is 6. The Morgan fingerprint density at radius 2 is 1.82 bits per heavy atom. The largest absolute Gasteiger partial charge is 0.273 e. The number of fused-ring (bicyclic) bond motifs is 1. The molecule has 0 aliphatic carbocycles. The van der Waals surface area contributed by atoms with E-state index in [1.165, 1.54) is 17.1 Å². The summed E-state index contributed by atoms with van der Waals surface area (Å²) in [7, 11) is 0. The van der Waals surface area contributed by atoms with Crippen LogP contribution in [0.25, 0.3) is 22.7 Å². The number of nitrogens with one attached hydrogen (secondary N) is 1. The molecule has 140 valence electrons. The van der Waals surface area contributed by atoms with Crippen molar-refractivity contribution in [2.45, 2.75) is 13.3 Å². The highest BCUT2D eigenvalue weighted by atomic mass is 19.3. The number of carbonyl (C=O) groups is 1. The molecule has 0 unspecified atom stereocenters. The Kier molecular flexibility index (Phi) is 4.44. The van der Waals surface area contributed by atoms with Crippen molar-refractivity contribution in [3.63, 3.8) is 0 Å². The van der Waals surface area contributed by atoms with Gasteiger partial charge in [0.05, 0.1) is 27.9 Å². The minimum Gasteiger partial charge on any atom is -0.267 e. The molecule has 0 saturated carbocycles. The van der Waals surface area contributed by atoms with Crippen LogP contribution in [-0.2, 0) is 0 Å². The summed E-state index contributed by atoms with van der Waals surface area (Å²) in [5.74, 6) is 0.0754. The smallest absolute Gasteiger partial charge is 0.267 e. The van der Waals surface area contributed by atoms with E-state index in [1.54, 1.807) is 37.5 Å². The maximum absolute atomic E-state index is 13.2. The van der Waals surface area contributed by atoms with Gasteiger partial charge in [0.15, 0.2) is 11.6 Å². The lowest BCUT2D eigenvalue weighted by atomic mass is 10.2. The molecule has 0 bridgehead atoms. The van der Waals surface area contributed by atoms with Crippen LogP contribution in [0.1, 0.15) is 28.0 Å². The van der Waals surface area contributed by atoms with Crippen LogP contribution in [0.3, 0.4) is 0 Å². The summed E-state index contributed by atoms with van der Waals surface area (Å²) in [5, 5.41) is 0. The lowest BCUT2D eigenvalue weighted by molar-refractivity contribution is 0.101. The van der Waals surface area contributed by atoms with Crippen LogP contribution >= 0.6 is 0 Å². The van der Waals surface area contributed by atoms with E-state index in [1.807, 2.05) is 0 Å². The van der Waals surface area contributed by atoms with E-state index in [2.05, 4.69) is 30.3 Å². The van der Waals surface area contributed by atoms with Gasteiger partial charge in [-0.3, -0.25) is 19.9 Å². The third-order valence-corrected chi connectivity index (χ3v) is 4.03. The topological polar surface area (TPSA) is 98.5 Å². The number of carbonyl (C=O) groups excluding carboxylic acids is 1. The third-order valence-electron chi connectivity index (χ3n) is 4.03. The first-order valence-corrected chi connectivity index (χ1v) is 8.21. The second-order valence-corrected chi connectivity index (χ2v) is 5.83. The Labute approximate surface area is 157 Å². The van der Waals surface area contributed by atoms with Gasteiger partial charge in [0.25, 0.3) is 12.3 Å². The number of halogens is 2. The van der Waals surface area contributed by atoms with Crippen molar-refractivity contribution >= 4 is 16.9 Å². The van der Waals surface area contributed by atoms with Gasteiger partial charge in [0.1, 0.15) is 0 Å². The fourth-order valence-corrected chi connectivity index (χ4v) is 2.72. The summed E-state index contributed by atoms with van der Waals surface area (Å²) in [6.07, 6.45) is 4.33. The number of aryl methyl sites for hydroxylation is 1. The quantitative estimate of drug-likeness (QED) is 0.584. The second kappa shape index (κ2) is 7.06. The molecule has 10 heteroatoms. The van der Waals surface area contributed by atoms with E-state index < -0.39 is 12.3 Å². The first-order valence-electron chi connectivity index (χ1n) is 8.21. The normalized spacial score (nSPS) is 11.1. The number of rotatable bonds is 4. The number of hydrogen-bond acceptors (Lipinski definition) is 6. The zero-order valence-corrected chi connectivity index (χ0v) is 14.5. The molecule has 4 rings (SSSR count). The molecule has 0 fully saturated rings. The summed E-state index contributed by atoms with van der Waals surface area (Å²) in [6, 6.07) is 4.86.